The van der Waals surface area contributed by atoms with Gasteiger partial charge in [-0.1, -0.05) is 61.0 Å². The maximum Gasteiger partial charge on any atom is 0.249 e. The van der Waals surface area contributed by atoms with E-state index < -0.39 is 11.9 Å². The lowest BCUT2D eigenvalue weighted by atomic mass is 10.0. The Labute approximate surface area is 209 Å². The molecule has 0 aliphatic rings. The van der Waals surface area contributed by atoms with Gasteiger partial charge in [-0.05, 0) is 61.2 Å². The Kier molecular flexibility index (Phi) is 7.73. The van der Waals surface area contributed by atoms with E-state index in [2.05, 4.69) is 29.5 Å². The molecule has 0 fully saturated rings. The fourth-order valence-electron chi connectivity index (χ4n) is 4.02. The zero-order chi connectivity index (χ0) is 25.7. The number of benzene rings is 3. The molecular weight excluding hydrogens is 457 g/mol. The van der Waals surface area contributed by atoms with Crippen LogP contribution >= 0.6 is 0 Å². The summed E-state index contributed by atoms with van der Waals surface area (Å²) in [5.41, 5.74) is 3.48. The van der Waals surface area contributed by atoms with E-state index >= 15 is 0 Å². The van der Waals surface area contributed by atoms with Gasteiger partial charge in [-0.2, -0.15) is 0 Å². The van der Waals surface area contributed by atoms with Gasteiger partial charge >= 0.3 is 0 Å². The summed E-state index contributed by atoms with van der Waals surface area (Å²) in [6.45, 7) is 6.46. The first-order chi connectivity index (χ1) is 17.3. The van der Waals surface area contributed by atoms with Crippen LogP contribution in [0.2, 0.25) is 0 Å². The molecule has 0 spiro atoms. The number of carbonyl (C=O) groups is 2. The molecule has 186 valence electrons. The first-order valence-corrected chi connectivity index (χ1v) is 12.0. The quantitative estimate of drug-likeness (QED) is 0.367. The highest BCUT2D eigenvalue weighted by Gasteiger charge is 2.33. The third-order valence-corrected chi connectivity index (χ3v) is 6.00. The molecule has 1 atom stereocenters. The largest absolute Gasteiger partial charge is 0.354 e. The molecule has 7 nitrogen and oxygen atoms in total. The van der Waals surface area contributed by atoms with Crippen molar-refractivity contribution in [1.29, 1.82) is 0 Å². The van der Waals surface area contributed by atoms with Crippen LogP contribution in [0.25, 0.3) is 11.0 Å². The molecule has 4 rings (SSSR count). The second kappa shape index (κ2) is 11.1. The van der Waals surface area contributed by atoms with Crippen LogP contribution in [0.4, 0.5) is 10.1 Å². The average Bonchev–Trinajstić information content (AvgIpc) is 3.26. The lowest BCUT2D eigenvalue weighted by Gasteiger charge is -2.32. The van der Waals surface area contributed by atoms with E-state index in [0.717, 1.165) is 17.5 Å². The van der Waals surface area contributed by atoms with Crippen molar-refractivity contribution in [3.63, 3.8) is 0 Å². The Hall–Kier alpha value is -4.07. The zero-order valence-corrected chi connectivity index (χ0v) is 20.7. The molecular formula is C28H30FN5O2. The van der Waals surface area contributed by atoms with Crippen LogP contribution in [0.15, 0.2) is 72.8 Å². The van der Waals surface area contributed by atoms with Crippen LogP contribution in [-0.2, 0) is 16.1 Å². The molecule has 1 heterocycles. The molecule has 2 amide bonds. The van der Waals surface area contributed by atoms with E-state index in [4.69, 9.17) is 0 Å². The zero-order valence-electron chi connectivity index (χ0n) is 20.7. The summed E-state index contributed by atoms with van der Waals surface area (Å²) >= 11 is 0. The summed E-state index contributed by atoms with van der Waals surface area (Å²) in [5.74, 6) is -0.688. The number of aryl methyl sites for hydroxylation is 1. The van der Waals surface area contributed by atoms with E-state index in [-0.39, 0.29) is 18.4 Å². The number of carbonyl (C=O) groups excluding carboxylic acids is 2. The molecule has 0 aliphatic heterocycles. The summed E-state index contributed by atoms with van der Waals surface area (Å²) in [4.78, 5) is 28.9. The highest BCUT2D eigenvalue weighted by atomic mass is 19.1. The van der Waals surface area contributed by atoms with Crippen molar-refractivity contribution in [3.05, 3.63) is 89.7 Å². The van der Waals surface area contributed by atoms with Crippen molar-refractivity contribution in [2.75, 3.05) is 11.4 Å². The Balaban J connectivity index is 1.75. The summed E-state index contributed by atoms with van der Waals surface area (Å²) in [6, 6.07) is 19.5. The summed E-state index contributed by atoms with van der Waals surface area (Å²) in [6.07, 6.45) is 0.797. The number of nitrogens with one attached hydrogen (secondary N) is 1. The highest BCUT2D eigenvalue weighted by molar-refractivity contribution is 6.01. The third kappa shape index (κ3) is 5.76. The first kappa shape index (κ1) is 25.0. The van der Waals surface area contributed by atoms with Crippen LogP contribution in [-0.4, -0.2) is 33.4 Å². The second-order valence-corrected chi connectivity index (χ2v) is 9.26. The van der Waals surface area contributed by atoms with Gasteiger partial charge in [0.15, 0.2) is 0 Å². The van der Waals surface area contributed by atoms with Crippen LogP contribution in [0, 0.1) is 18.7 Å². The molecule has 0 radical (unpaired) electrons. The van der Waals surface area contributed by atoms with Gasteiger partial charge in [-0.25, -0.2) is 9.07 Å². The first-order valence-electron chi connectivity index (χ1n) is 12.0. The Bertz CT molecular complexity index is 1330. The van der Waals surface area contributed by atoms with Gasteiger partial charge in [0.25, 0.3) is 0 Å². The van der Waals surface area contributed by atoms with Gasteiger partial charge in [0.1, 0.15) is 23.9 Å². The summed E-state index contributed by atoms with van der Waals surface area (Å²) in [5, 5.41) is 11.3. The van der Waals surface area contributed by atoms with E-state index in [1.165, 1.54) is 21.7 Å². The monoisotopic (exact) mass is 487 g/mol. The standard InChI is InChI=1S/C28H30FN5O2/c1-19(2)16-17-30-28(36)27(21-10-12-22(29)13-11-21)34(23-14-8-20(3)9-15-23)26(35)18-33-25-7-5-4-6-24(25)31-32-33/h4-15,19,27H,16-18H2,1-3H3,(H,30,36)/t27-/m0/s1. The van der Waals surface area contributed by atoms with Crippen molar-refractivity contribution in [3.8, 4) is 0 Å². The number of halogens is 1. The molecule has 36 heavy (non-hydrogen) atoms. The minimum atomic E-state index is -0.997. The maximum atomic E-state index is 13.9. The molecule has 1 aromatic heterocycles. The molecule has 0 saturated carbocycles. The number of rotatable bonds is 9. The molecule has 0 unspecified atom stereocenters. The molecule has 3 aromatic carbocycles. The molecule has 0 saturated heterocycles. The van der Waals surface area contributed by atoms with Gasteiger partial charge in [0.05, 0.1) is 5.52 Å². The highest BCUT2D eigenvalue weighted by Crippen LogP contribution is 2.29. The van der Waals surface area contributed by atoms with Crippen molar-refractivity contribution in [2.45, 2.75) is 39.8 Å². The predicted molar refractivity (Wildman–Crippen MR) is 138 cm³/mol. The predicted octanol–water partition coefficient (Wildman–Crippen LogP) is 4.82. The fraction of sp³-hybridized carbons (Fsp3) is 0.286. The molecule has 0 bridgehead atoms. The number of hydrogen-bond acceptors (Lipinski definition) is 4. The van der Waals surface area contributed by atoms with E-state index in [1.807, 2.05) is 55.5 Å². The van der Waals surface area contributed by atoms with E-state index in [1.54, 1.807) is 12.1 Å². The van der Waals surface area contributed by atoms with Gasteiger partial charge in [-0.3, -0.25) is 14.5 Å². The van der Waals surface area contributed by atoms with Crippen molar-refractivity contribution >= 4 is 28.5 Å². The number of aromatic nitrogens is 3. The van der Waals surface area contributed by atoms with Gasteiger partial charge in [-0.15, -0.1) is 5.10 Å². The normalized spacial score (nSPS) is 12.0. The van der Waals surface area contributed by atoms with Crippen molar-refractivity contribution in [1.82, 2.24) is 20.3 Å². The Morgan fingerprint density at radius 1 is 1.00 bits per heavy atom. The van der Waals surface area contributed by atoms with Gasteiger partial charge in [0, 0.05) is 12.2 Å². The minimum absolute atomic E-state index is 0.120. The fourth-order valence-corrected chi connectivity index (χ4v) is 4.02. The maximum absolute atomic E-state index is 13.9. The van der Waals surface area contributed by atoms with Crippen LogP contribution in [0.1, 0.15) is 37.4 Å². The van der Waals surface area contributed by atoms with Crippen molar-refractivity contribution < 1.29 is 14.0 Å². The number of amides is 2. The molecule has 0 aliphatic carbocycles. The average molecular weight is 488 g/mol. The van der Waals surface area contributed by atoms with Gasteiger partial charge in [0.2, 0.25) is 11.8 Å². The minimum Gasteiger partial charge on any atom is -0.354 e. The second-order valence-electron chi connectivity index (χ2n) is 9.26. The lowest BCUT2D eigenvalue weighted by molar-refractivity contribution is -0.127. The topological polar surface area (TPSA) is 80.1 Å². The van der Waals surface area contributed by atoms with Crippen LogP contribution in [0.5, 0.6) is 0 Å². The van der Waals surface area contributed by atoms with E-state index in [9.17, 15) is 14.0 Å². The third-order valence-electron chi connectivity index (χ3n) is 6.00. The molecule has 4 aromatic rings. The SMILES string of the molecule is Cc1ccc(N(C(=O)Cn2nnc3ccccc32)[C@H](C(=O)NCCC(C)C)c2ccc(F)cc2)cc1. The smallest absolute Gasteiger partial charge is 0.249 e. The van der Waals surface area contributed by atoms with Gasteiger partial charge < -0.3 is 5.32 Å². The summed E-state index contributed by atoms with van der Waals surface area (Å²) < 4.78 is 15.3. The van der Waals surface area contributed by atoms with Crippen LogP contribution in [0.3, 0.4) is 0 Å². The summed E-state index contributed by atoms with van der Waals surface area (Å²) in [7, 11) is 0. The van der Waals surface area contributed by atoms with E-state index in [0.29, 0.717) is 29.2 Å². The molecule has 1 N–H and O–H groups in total. The Morgan fingerprint density at radius 2 is 1.69 bits per heavy atom. The number of anilines is 1. The molecule has 8 heteroatoms. The van der Waals surface area contributed by atoms with Crippen molar-refractivity contribution in [2.24, 2.45) is 5.92 Å². The number of fused-ring (bicyclic) bond motifs is 1. The Morgan fingerprint density at radius 3 is 2.39 bits per heavy atom. The lowest BCUT2D eigenvalue weighted by Crippen LogP contribution is -2.45. The number of para-hydroxylation sites is 1. The number of hydrogen-bond donors (Lipinski definition) is 1. The number of nitrogens with zero attached hydrogens (tertiary/aromatic N) is 4. The van der Waals surface area contributed by atoms with Crippen LogP contribution < -0.4 is 10.2 Å².